The summed E-state index contributed by atoms with van der Waals surface area (Å²) in [5.41, 5.74) is 12.9. The van der Waals surface area contributed by atoms with Crippen molar-refractivity contribution in [1.82, 2.24) is 25.2 Å². The molecular formula is C27H30FN9. The van der Waals surface area contributed by atoms with E-state index >= 15 is 4.39 Å². The van der Waals surface area contributed by atoms with Crippen LogP contribution in [0, 0.1) is 5.82 Å². The molecule has 1 atom stereocenters. The minimum Gasteiger partial charge on any atom is -0.397 e. The first-order valence-corrected chi connectivity index (χ1v) is 12.5. The molecule has 0 aliphatic carbocycles. The van der Waals surface area contributed by atoms with Crippen molar-refractivity contribution >= 4 is 22.8 Å². The van der Waals surface area contributed by atoms with Crippen molar-refractivity contribution in [2.24, 2.45) is 4.99 Å². The van der Waals surface area contributed by atoms with E-state index in [0.29, 0.717) is 35.5 Å². The number of nitrogens with one attached hydrogen (secondary N) is 2. The summed E-state index contributed by atoms with van der Waals surface area (Å²) in [5, 5.41) is 6.96. The molecule has 0 spiro atoms. The van der Waals surface area contributed by atoms with E-state index in [-0.39, 0.29) is 11.7 Å². The van der Waals surface area contributed by atoms with Crippen molar-refractivity contribution in [3.05, 3.63) is 71.3 Å². The summed E-state index contributed by atoms with van der Waals surface area (Å²) in [6.07, 6.45) is 11.4. The molecule has 3 aliphatic heterocycles. The van der Waals surface area contributed by atoms with E-state index in [2.05, 4.69) is 48.5 Å². The van der Waals surface area contributed by atoms with E-state index in [9.17, 15) is 0 Å². The maximum atomic E-state index is 16.1. The lowest BCUT2D eigenvalue weighted by Gasteiger charge is -2.37. The predicted molar refractivity (Wildman–Crippen MR) is 144 cm³/mol. The lowest BCUT2D eigenvalue weighted by molar-refractivity contribution is 0.312. The molecule has 6 rings (SSSR count). The Balaban J connectivity index is 1.40. The fourth-order valence-corrected chi connectivity index (χ4v) is 5.33. The molecule has 10 heteroatoms. The third-order valence-corrected chi connectivity index (χ3v) is 7.31. The number of fused-ring (bicyclic) bond motifs is 2. The number of pyridine rings is 3. The van der Waals surface area contributed by atoms with Gasteiger partial charge in [0.05, 0.1) is 46.9 Å². The van der Waals surface area contributed by atoms with Gasteiger partial charge in [0, 0.05) is 68.0 Å². The second-order valence-corrected chi connectivity index (χ2v) is 9.69. The van der Waals surface area contributed by atoms with Gasteiger partial charge in [0.1, 0.15) is 5.69 Å². The van der Waals surface area contributed by atoms with Gasteiger partial charge in [-0.1, -0.05) is 0 Å². The number of allylic oxidation sites excluding steroid dienone is 1. The molecule has 6 heterocycles. The number of halogens is 1. The average Bonchev–Trinajstić information content (AvgIpc) is 2.92. The predicted octanol–water partition coefficient (Wildman–Crippen LogP) is 2.63. The molecule has 9 nitrogen and oxygen atoms in total. The monoisotopic (exact) mass is 499 g/mol. The Bertz CT molecular complexity index is 1410. The average molecular weight is 500 g/mol. The highest BCUT2D eigenvalue weighted by molar-refractivity contribution is 6.16. The number of anilines is 3. The van der Waals surface area contributed by atoms with E-state index in [0.717, 1.165) is 54.4 Å². The van der Waals surface area contributed by atoms with E-state index in [4.69, 9.17) is 10.7 Å². The van der Waals surface area contributed by atoms with Crippen LogP contribution in [0.25, 0.3) is 11.3 Å². The zero-order valence-corrected chi connectivity index (χ0v) is 21.0. The molecular weight excluding hydrogens is 469 g/mol. The van der Waals surface area contributed by atoms with Crippen LogP contribution < -0.4 is 21.3 Å². The van der Waals surface area contributed by atoms with Crippen LogP contribution >= 0.6 is 0 Å². The first-order valence-electron chi connectivity index (χ1n) is 12.5. The second kappa shape index (κ2) is 9.53. The minimum absolute atomic E-state index is 0.0838. The van der Waals surface area contributed by atoms with E-state index < -0.39 is 5.82 Å². The van der Waals surface area contributed by atoms with Gasteiger partial charge in [-0.25, -0.2) is 4.39 Å². The van der Waals surface area contributed by atoms with Crippen molar-refractivity contribution < 1.29 is 4.39 Å². The number of aromatic nitrogens is 3. The molecule has 0 aromatic carbocycles. The smallest absolute Gasteiger partial charge is 0.159 e. The quantitative estimate of drug-likeness (QED) is 0.503. The zero-order chi connectivity index (χ0) is 25.5. The van der Waals surface area contributed by atoms with Gasteiger partial charge in [-0.2, -0.15) is 0 Å². The summed E-state index contributed by atoms with van der Waals surface area (Å²) in [4.78, 5) is 22.6. The van der Waals surface area contributed by atoms with Crippen LogP contribution in [-0.2, 0) is 6.42 Å². The fraction of sp³-hybridized carbons (Fsp3) is 0.333. The van der Waals surface area contributed by atoms with Crippen LogP contribution in [0.4, 0.5) is 21.5 Å². The fourth-order valence-electron chi connectivity index (χ4n) is 5.33. The number of nitrogens with two attached hydrogens (primary N) is 1. The van der Waals surface area contributed by atoms with Gasteiger partial charge in [-0.05, 0) is 38.2 Å². The third-order valence-electron chi connectivity index (χ3n) is 7.31. The Labute approximate surface area is 215 Å². The summed E-state index contributed by atoms with van der Waals surface area (Å²) in [6.45, 7) is 4.48. The van der Waals surface area contributed by atoms with Crippen LogP contribution in [0.2, 0.25) is 0 Å². The summed E-state index contributed by atoms with van der Waals surface area (Å²) >= 11 is 0. The van der Waals surface area contributed by atoms with Crippen LogP contribution in [-0.4, -0.2) is 72.4 Å². The zero-order valence-electron chi connectivity index (χ0n) is 21.0. The number of nitrogens with zero attached hydrogens (tertiary/aromatic N) is 6. The Kier molecular flexibility index (Phi) is 6.05. The largest absolute Gasteiger partial charge is 0.397 e. The standard InChI is InChI=1S/C27H30FN9/c1-30-19-10-20(35-21-14-32-15-22(24(19)21)37-7-5-36(2)6-8-37)27-23-16(3-4-33-27)12-34-26(25(23)28)17-9-18(29)13-31-11-17/h9-15,19,30,35H,3-8,29H2,1-2H3. The Morgan fingerprint density at radius 3 is 2.68 bits per heavy atom. The number of piperazine rings is 1. The molecule has 3 aliphatic rings. The molecule has 1 saturated heterocycles. The SMILES string of the molecule is CNC1C=C(C2=NCCc3cnc(-c4cncc(N)c4)c(F)c32)Nc2cncc(N3CCN(C)CC3)c21. The lowest BCUT2D eigenvalue weighted by atomic mass is 9.91. The van der Waals surface area contributed by atoms with Crippen LogP contribution in [0.15, 0.2) is 53.8 Å². The van der Waals surface area contributed by atoms with Crippen LogP contribution in [0.3, 0.4) is 0 Å². The highest BCUT2D eigenvalue weighted by Crippen LogP contribution is 2.39. The molecule has 3 aromatic heterocycles. The molecule has 0 radical (unpaired) electrons. The van der Waals surface area contributed by atoms with E-state index in [1.807, 2.05) is 19.4 Å². The Morgan fingerprint density at radius 1 is 1.08 bits per heavy atom. The van der Waals surface area contributed by atoms with Crippen molar-refractivity contribution in [3.8, 4) is 11.3 Å². The minimum atomic E-state index is -0.415. The Hall–Kier alpha value is -3.89. The van der Waals surface area contributed by atoms with Gasteiger partial charge in [0.15, 0.2) is 5.82 Å². The highest BCUT2D eigenvalue weighted by atomic mass is 19.1. The first kappa shape index (κ1) is 23.5. The van der Waals surface area contributed by atoms with Gasteiger partial charge < -0.3 is 26.2 Å². The molecule has 3 aromatic rings. The lowest BCUT2D eigenvalue weighted by Crippen LogP contribution is -2.45. The molecule has 37 heavy (non-hydrogen) atoms. The van der Waals surface area contributed by atoms with Crippen molar-refractivity contribution in [3.63, 3.8) is 0 Å². The molecule has 0 saturated carbocycles. The van der Waals surface area contributed by atoms with Crippen LogP contribution in [0.1, 0.15) is 22.7 Å². The second-order valence-electron chi connectivity index (χ2n) is 9.69. The number of aliphatic imine (C=N–C) groups is 1. The maximum Gasteiger partial charge on any atom is 0.159 e. The highest BCUT2D eigenvalue weighted by Gasteiger charge is 2.31. The summed E-state index contributed by atoms with van der Waals surface area (Å²) < 4.78 is 16.1. The molecule has 1 fully saturated rings. The number of rotatable bonds is 4. The van der Waals surface area contributed by atoms with Gasteiger partial charge >= 0.3 is 0 Å². The van der Waals surface area contributed by atoms with Crippen molar-refractivity contribution in [2.75, 3.05) is 62.8 Å². The number of hydrogen-bond acceptors (Lipinski definition) is 9. The van der Waals surface area contributed by atoms with Crippen LogP contribution in [0.5, 0.6) is 0 Å². The topological polar surface area (TPSA) is 108 Å². The van der Waals surface area contributed by atoms with Crippen molar-refractivity contribution in [2.45, 2.75) is 12.5 Å². The molecule has 190 valence electrons. The Morgan fingerprint density at radius 2 is 1.89 bits per heavy atom. The van der Waals surface area contributed by atoms with Gasteiger partial charge in [0.2, 0.25) is 0 Å². The summed E-state index contributed by atoms with van der Waals surface area (Å²) in [6, 6.07) is 1.60. The molecule has 4 N–H and O–H groups in total. The van der Waals surface area contributed by atoms with Gasteiger partial charge in [-0.15, -0.1) is 0 Å². The maximum absolute atomic E-state index is 16.1. The van der Waals surface area contributed by atoms with Crippen molar-refractivity contribution in [1.29, 1.82) is 0 Å². The number of hydrogen-bond donors (Lipinski definition) is 3. The van der Waals surface area contributed by atoms with Gasteiger partial charge in [-0.3, -0.25) is 19.9 Å². The molecule has 0 amide bonds. The van der Waals surface area contributed by atoms with Gasteiger partial charge in [0.25, 0.3) is 0 Å². The normalized spacial score (nSPS) is 19.4. The van der Waals surface area contributed by atoms with E-state index in [1.54, 1.807) is 18.5 Å². The summed E-state index contributed by atoms with van der Waals surface area (Å²) in [5.74, 6) is -0.415. The summed E-state index contributed by atoms with van der Waals surface area (Å²) in [7, 11) is 4.09. The number of nitrogen functional groups attached to an aromatic ring is 1. The molecule has 1 unspecified atom stereocenters. The first-order chi connectivity index (χ1) is 18.0. The third kappa shape index (κ3) is 4.21. The molecule has 0 bridgehead atoms. The number of likely N-dealkylation sites (N-methyl/N-ethyl adjacent to an activating group) is 2. The van der Waals surface area contributed by atoms with E-state index in [1.165, 1.54) is 6.20 Å².